The van der Waals surface area contributed by atoms with E-state index in [4.69, 9.17) is 15.0 Å². The Labute approximate surface area is 118 Å². The first-order valence-electron chi connectivity index (χ1n) is 6.95. The molecule has 0 amide bonds. The monoisotopic (exact) mass is 273 g/mol. The molecule has 1 saturated carbocycles. The number of benzene rings is 1. The summed E-state index contributed by atoms with van der Waals surface area (Å²) in [6.07, 6.45) is 4.68. The SMILES string of the molecule is COc1ccccc1Cc1noc(C2(N)CCCC2)n1. The van der Waals surface area contributed by atoms with Crippen molar-refractivity contribution in [2.24, 2.45) is 5.73 Å². The molecule has 0 radical (unpaired) electrons. The van der Waals surface area contributed by atoms with Gasteiger partial charge in [-0.25, -0.2) is 0 Å². The number of para-hydroxylation sites is 1. The van der Waals surface area contributed by atoms with Crippen LogP contribution in [0.5, 0.6) is 5.75 Å². The molecule has 3 rings (SSSR count). The number of nitrogens with zero attached hydrogens (tertiary/aromatic N) is 2. The largest absolute Gasteiger partial charge is 0.496 e. The average molecular weight is 273 g/mol. The van der Waals surface area contributed by atoms with Gasteiger partial charge in [0, 0.05) is 12.0 Å². The van der Waals surface area contributed by atoms with Crippen molar-refractivity contribution in [3.8, 4) is 5.75 Å². The highest BCUT2D eigenvalue weighted by Gasteiger charge is 2.36. The Morgan fingerprint density at radius 3 is 2.80 bits per heavy atom. The smallest absolute Gasteiger partial charge is 0.246 e. The summed E-state index contributed by atoms with van der Waals surface area (Å²) >= 11 is 0. The molecular formula is C15H19N3O2. The molecule has 1 heterocycles. The van der Waals surface area contributed by atoms with Gasteiger partial charge in [-0.3, -0.25) is 0 Å². The summed E-state index contributed by atoms with van der Waals surface area (Å²) in [5, 5.41) is 4.06. The zero-order chi connectivity index (χ0) is 14.0. The zero-order valence-electron chi connectivity index (χ0n) is 11.6. The van der Waals surface area contributed by atoms with Crippen LogP contribution in [0.25, 0.3) is 0 Å². The minimum absolute atomic E-state index is 0.425. The van der Waals surface area contributed by atoms with Crippen LogP contribution in [0.3, 0.4) is 0 Å². The van der Waals surface area contributed by atoms with Crippen LogP contribution in [0, 0.1) is 0 Å². The van der Waals surface area contributed by atoms with Gasteiger partial charge >= 0.3 is 0 Å². The van der Waals surface area contributed by atoms with Crippen molar-refractivity contribution < 1.29 is 9.26 Å². The van der Waals surface area contributed by atoms with Gasteiger partial charge in [-0.05, 0) is 18.9 Å². The van der Waals surface area contributed by atoms with Crippen molar-refractivity contribution >= 4 is 0 Å². The van der Waals surface area contributed by atoms with E-state index in [9.17, 15) is 0 Å². The summed E-state index contributed by atoms with van der Waals surface area (Å²) in [7, 11) is 1.66. The standard InChI is InChI=1S/C15H19N3O2/c1-19-12-7-3-2-6-11(12)10-13-17-14(20-18-13)15(16)8-4-5-9-15/h2-3,6-7H,4-5,8-10,16H2,1H3. The maximum absolute atomic E-state index is 6.32. The third kappa shape index (κ3) is 2.41. The lowest BCUT2D eigenvalue weighted by atomic mass is 9.99. The summed E-state index contributed by atoms with van der Waals surface area (Å²) in [6.45, 7) is 0. The number of hydrogen-bond donors (Lipinski definition) is 1. The minimum Gasteiger partial charge on any atom is -0.496 e. The van der Waals surface area contributed by atoms with Crippen molar-refractivity contribution in [2.45, 2.75) is 37.6 Å². The van der Waals surface area contributed by atoms with Crippen LogP contribution >= 0.6 is 0 Å². The molecule has 1 aromatic carbocycles. The fourth-order valence-electron chi connectivity index (χ4n) is 2.77. The van der Waals surface area contributed by atoms with E-state index in [1.165, 1.54) is 0 Å². The molecule has 20 heavy (non-hydrogen) atoms. The van der Waals surface area contributed by atoms with Gasteiger partial charge in [-0.2, -0.15) is 4.98 Å². The maximum atomic E-state index is 6.32. The number of aromatic nitrogens is 2. The minimum atomic E-state index is -0.425. The lowest BCUT2D eigenvalue weighted by molar-refractivity contribution is 0.284. The van der Waals surface area contributed by atoms with Crippen LogP contribution in [-0.2, 0) is 12.0 Å². The van der Waals surface area contributed by atoms with Gasteiger partial charge in [0.2, 0.25) is 5.89 Å². The molecule has 0 bridgehead atoms. The zero-order valence-corrected chi connectivity index (χ0v) is 11.6. The van der Waals surface area contributed by atoms with Crippen molar-refractivity contribution in [1.82, 2.24) is 10.1 Å². The third-order valence-electron chi connectivity index (χ3n) is 3.93. The second-order valence-corrected chi connectivity index (χ2v) is 5.37. The first-order chi connectivity index (χ1) is 9.71. The number of nitrogens with two attached hydrogens (primary N) is 1. The molecule has 0 spiro atoms. The van der Waals surface area contributed by atoms with E-state index >= 15 is 0 Å². The molecule has 1 aliphatic rings. The van der Waals surface area contributed by atoms with Gasteiger partial charge in [0.15, 0.2) is 5.82 Å². The number of rotatable bonds is 4. The fourth-order valence-corrected chi connectivity index (χ4v) is 2.77. The maximum Gasteiger partial charge on any atom is 0.246 e. The number of ether oxygens (including phenoxy) is 1. The molecule has 106 valence electrons. The summed E-state index contributed by atoms with van der Waals surface area (Å²) < 4.78 is 10.7. The molecule has 1 aliphatic carbocycles. The lowest BCUT2D eigenvalue weighted by Gasteiger charge is -2.17. The lowest BCUT2D eigenvalue weighted by Crippen LogP contribution is -2.33. The van der Waals surface area contributed by atoms with Gasteiger partial charge in [0.05, 0.1) is 12.6 Å². The molecule has 5 heteroatoms. The van der Waals surface area contributed by atoms with E-state index in [-0.39, 0.29) is 0 Å². The van der Waals surface area contributed by atoms with E-state index in [0.717, 1.165) is 37.0 Å². The van der Waals surface area contributed by atoms with E-state index in [0.29, 0.717) is 18.1 Å². The van der Waals surface area contributed by atoms with E-state index in [1.807, 2.05) is 24.3 Å². The molecule has 2 N–H and O–H groups in total. The first kappa shape index (κ1) is 13.1. The van der Waals surface area contributed by atoms with Crippen molar-refractivity contribution in [1.29, 1.82) is 0 Å². The van der Waals surface area contributed by atoms with Crippen LogP contribution in [0.1, 0.15) is 43.0 Å². The first-order valence-corrected chi connectivity index (χ1v) is 6.95. The molecule has 0 unspecified atom stereocenters. The summed E-state index contributed by atoms with van der Waals surface area (Å²) in [6, 6.07) is 7.85. The second kappa shape index (κ2) is 5.25. The van der Waals surface area contributed by atoms with Crippen LogP contribution in [0.4, 0.5) is 0 Å². The van der Waals surface area contributed by atoms with Gasteiger partial charge in [0.1, 0.15) is 5.75 Å². The molecule has 1 aromatic heterocycles. The van der Waals surface area contributed by atoms with Gasteiger partial charge < -0.3 is 15.0 Å². The number of methoxy groups -OCH3 is 1. The third-order valence-corrected chi connectivity index (χ3v) is 3.93. The van der Waals surface area contributed by atoms with Crippen LogP contribution in [0.15, 0.2) is 28.8 Å². The highest BCUT2D eigenvalue weighted by molar-refractivity contribution is 5.35. The Kier molecular flexibility index (Phi) is 3.44. The molecular weight excluding hydrogens is 254 g/mol. The van der Waals surface area contributed by atoms with Crippen LogP contribution in [-0.4, -0.2) is 17.3 Å². The van der Waals surface area contributed by atoms with Crippen LogP contribution < -0.4 is 10.5 Å². The molecule has 2 aromatic rings. The Bertz CT molecular complexity index is 588. The Morgan fingerprint density at radius 2 is 2.05 bits per heavy atom. The summed E-state index contributed by atoms with van der Waals surface area (Å²) in [5.41, 5.74) is 6.94. The molecule has 0 aliphatic heterocycles. The van der Waals surface area contributed by atoms with Crippen molar-refractivity contribution in [3.05, 3.63) is 41.5 Å². The topological polar surface area (TPSA) is 74.2 Å². The predicted molar refractivity (Wildman–Crippen MR) is 74.4 cm³/mol. The van der Waals surface area contributed by atoms with Gasteiger partial charge in [-0.1, -0.05) is 36.2 Å². The highest BCUT2D eigenvalue weighted by Crippen LogP contribution is 2.35. The molecule has 0 atom stereocenters. The molecule has 1 fully saturated rings. The van der Waals surface area contributed by atoms with Gasteiger partial charge in [0.25, 0.3) is 0 Å². The van der Waals surface area contributed by atoms with Gasteiger partial charge in [-0.15, -0.1) is 0 Å². The summed E-state index contributed by atoms with van der Waals surface area (Å²) in [4.78, 5) is 4.48. The van der Waals surface area contributed by atoms with Crippen molar-refractivity contribution in [2.75, 3.05) is 7.11 Å². The van der Waals surface area contributed by atoms with Crippen LogP contribution in [0.2, 0.25) is 0 Å². The normalized spacial score (nSPS) is 17.3. The fraction of sp³-hybridized carbons (Fsp3) is 0.467. The van der Waals surface area contributed by atoms with Crippen molar-refractivity contribution in [3.63, 3.8) is 0 Å². The van der Waals surface area contributed by atoms with E-state index in [2.05, 4.69) is 10.1 Å². The summed E-state index contributed by atoms with van der Waals surface area (Å²) in [5.74, 6) is 2.06. The highest BCUT2D eigenvalue weighted by atomic mass is 16.5. The predicted octanol–water partition coefficient (Wildman–Crippen LogP) is 2.40. The Balaban J connectivity index is 1.80. The second-order valence-electron chi connectivity index (χ2n) is 5.37. The quantitative estimate of drug-likeness (QED) is 0.925. The molecule has 0 saturated heterocycles. The number of hydrogen-bond acceptors (Lipinski definition) is 5. The molecule has 5 nitrogen and oxygen atoms in total. The average Bonchev–Trinajstić information content (AvgIpc) is 3.10. The Morgan fingerprint density at radius 1 is 1.30 bits per heavy atom. The van der Waals surface area contributed by atoms with E-state index in [1.54, 1.807) is 7.11 Å². The van der Waals surface area contributed by atoms with E-state index < -0.39 is 5.54 Å². The Hall–Kier alpha value is -1.88.